The van der Waals surface area contributed by atoms with Crippen molar-refractivity contribution in [3.8, 4) is 10.8 Å². The number of rotatable bonds is 5. The van der Waals surface area contributed by atoms with Gasteiger partial charge in [-0.3, -0.25) is 0 Å². The van der Waals surface area contributed by atoms with Crippen molar-refractivity contribution in [2.75, 3.05) is 0 Å². The lowest BCUT2D eigenvalue weighted by Gasteiger charge is -2.04. The third kappa shape index (κ3) is 2.77. The molecular formula is C12H13NO4S. The third-order valence-corrected chi connectivity index (χ3v) is 3.04. The van der Waals surface area contributed by atoms with Crippen LogP contribution in [-0.4, -0.2) is 22.2 Å². The summed E-state index contributed by atoms with van der Waals surface area (Å²) in [6, 6.07) is 3.68. The van der Waals surface area contributed by atoms with E-state index in [0.717, 1.165) is 4.88 Å². The van der Waals surface area contributed by atoms with Crippen molar-refractivity contribution in [3.05, 3.63) is 29.0 Å². The molecule has 2 aromatic rings. The van der Waals surface area contributed by atoms with Gasteiger partial charge in [0.15, 0.2) is 11.5 Å². The van der Waals surface area contributed by atoms with E-state index in [0.29, 0.717) is 5.89 Å². The molecule has 18 heavy (non-hydrogen) atoms. The van der Waals surface area contributed by atoms with Gasteiger partial charge in [0.05, 0.1) is 11.0 Å². The number of carboxylic acids is 1. The fraction of sp³-hybridized carbons (Fsp3) is 0.333. The second-order valence-electron chi connectivity index (χ2n) is 3.93. The van der Waals surface area contributed by atoms with Crippen molar-refractivity contribution >= 4 is 17.3 Å². The van der Waals surface area contributed by atoms with Crippen molar-refractivity contribution in [1.82, 2.24) is 4.98 Å². The molecule has 0 radical (unpaired) electrons. The molecular weight excluding hydrogens is 254 g/mol. The van der Waals surface area contributed by atoms with Crippen LogP contribution in [0, 0.1) is 0 Å². The van der Waals surface area contributed by atoms with Gasteiger partial charge in [0.2, 0.25) is 5.89 Å². The average Bonchev–Trinajstić information content (AvgIpc) is 2.94. The molecule has 0 unspecified atom stereocenters. The standard InChI is InChI=1S/C12H13NO4S/c1-7(2)16-6-8-10(12(14)15)13-11(17-8)9-4-3-5-18-9/h3-5,7H,6H2,1-2H3,(H,14,15). The van der Waals surface area contributed by atoms with Gasteiger partial charge in [-0.25, -0.2) is 9.78 Å². The summed E-state index contributed by atoms with van der Waals surface area (Å²) in [5, 5.41) is 10.9. The Morgan fingerprint density at radius 1 is 1.61 bits per heavy atom. The Morgan fingerprint density at radius 3 is 2.94 bits per heavy atom. The van der Waals surface area contributed by atoms with Gasteiger partial charge in [0.25, 0.3) is 0 Å². The van der Waals surface area contributed by atoms with Gasteiger partial charge < -0.3 is 14.3 Å². The summed E-state index contributed by atoms with van der Waals surface area (Å²) in [7, 11) is 0. The van der Waals surface area contributed by atoms with E-state index in [1.165, 1.54) is 11.3 Å². The quantitative estimate of drug-likeness (QED) is 0.901. The van der Waals surface area contributed by atoms with Crippen LogP contribution in [0.1, 0.15) is 30.1 Å². The normalized spacial score (nSPS) is 11.1. The summed E-state index contributed by atoms with van der Waals surface area (Å²) < 4.78 is 10.8. The van der Waals surface area contributed by atoms with Crippen LogP contribution in [0.3, 0.4) is 0 Å². The fourth-order valence-electron chi connectivity index (χ4n) is 1.36. The van der Waals surface area contributed by atoms with Gasteiger partial charge in [0, 0.05) is 0 Å². The first kappa shape index (κ1) is 12.8. The number of ether oxygens (including phenoxy) is 1. The maximum atomic E-state index is 11.1. The van der Waals surface area contributed by atoms with Crippen LogP contribution in [0.5, 0.6) is 0 Å². The Labute approximate surface area is 108 Å². The summed E-state index contributed by atoms with van der Waals surface area (Å²) >= 11 is 1.44. The summed E-state index contributed by atoms with van der Waals surface area (Å²) in [6.07, 6.45) is 0.00179. The molecule has 0 aliphatic rings. The topological polar surface area (TPSA) is 72.6 Å². The summed E-state index contributed by atoms with van der Waals surface area (Å²) in [6.45, 7) is 3.85. The number of aromatic nitrogens is 1. The lowest BCUT2D eigenvalue weighted by atomic mass is 10.3. The Kier molecular flexibility index (Phi) is 3.78. The van der Waals surface area contributed by atoms with Crippen LogP contribution in [-0.2, 0) is 11.3 Å². The highest BCUT2D eigenvalue weighted by atomic mass is 32.1. The molecule has 2 heterocycles. The minimum Gasteiger partial charge on any atom is -0.476 e. The molecule has 1 N–H and O–H groups in total. The predicted octanol–water partition coefficient (Wildman–Crippen LogP) is 3.03. The molecule has 0 bridgehead atoms. The molecule has 5 nitrogen and oxygen atoms in total. The van der Waals surface area contributed by atoms with E-state index in [4.69, 9.17) is 14.3 Å². The first-order valence-corrected chi connectivity index (χ1v) is 6.34. The highest BCUT2D eigenvalue weighted by molar-refractivity contribution is 7.13. The van der Waals surface area contributed by atoms with Gasteiger partial charge in [-0.2, -0.15) is 0 Å². The van der Waals surface area contributed by atoms with Crippen LogP contribution in [0.2, 0.25) is 0 Å². The molecule has 0 aromatic carbocycles. The van der Waals surface area contributed by atoms with Gasteiger partial charge in [0.1, 0.15) is 6.61 Å². The molecule has 2 aromatic heterocycles. The van der Waals surface area contributed by atoms with Crippen molar-refractivity contribution < 1.29 is 19.1 Å². The average molecular weight is 267 g/mol. The van der Waals surface area contributed by atoms with Crippen LogP contribution in [0.4, 0.5) is 0 Å². The van der Waals surface area contributed by atoms with Gasteiger partial charge in [-0.05, 0) is 25.3 Å². The van der Waals surface area contributed by atoms with Gasteiger partial charge in [-0.1, -0.05) is 6.07 Å². The first-order valence-electron chi connectivity index (χ1n) is 5.46. The van der Waals surface area contributed by atoms with Crippen LogP contribution in [0.25, 0.3) is 10.8 Å². The third-order valence-electron chi connectivity index (χ3n) is 2.18. The van der Waals surface area contributed by atoms with E-state index in [2.05, 4.69) is 4.98 Å². The number of hydrogen-bond acceptors (Lipinski definition) is 5. The Hall–Kier alpha value is -1.66. The van der Waals surface area contributed by atoms with Crippen LogP contribution < -0.4 is 0 Å². The SMILES string of the molecule is CC(C)OCc1oc(-c2cccs2)nc1C(=O)O. The van der Waals surface area contributed by atoms with Gasteiger partial charge >= 0.3 is 5.97 Å². The lowest BCUT2D eigenvalue weighted by molar-refractivity contribution is 0.0514. The molecule has 0 amide bonds. The maximum Gasteiger partial charge on any atom is 0.358 e. The van der Waals surface area contributed by atoms with E-state index < -0.39 is 5.97 Å². The number of oxazole rings is 1. The zero-order valence-corrected chi connectivity index (χ0v) is 10.9. The lowest BCUT2D eigenvalue weighted by Crippen LogP contribution is -2.06. The van der Waals surface area contributed by atoms with Crippen molar-refractivity contribution in [2.45, 2.75) is 26.6 Å². The highest BCUT2D eigenvalue weighted by Gasteiger charge is 2.21. The zero-order valence-electron chi connectivity index (χ0n) is 10.0. The van der Waals surface area contributed by atoms with Crippen molar-refractivity contribution in [1.29, 1.82) is 0 Å². The second kappa shape index (κ2) is 5.32. The van der Waals surface area contributed by atoms with Crippen LogP contribution in [0.15, 0.2) is 21.9 Å². The van der Waals surface area contributed by atoms with E-state index in [1.807, 2.05) is 31.4 Å². The van der Waals surface area contributed by atoms with E-state index in [1.54, 1.807) is 0 Å². The second-order valence-corrected chi connectivity index (χ2v) is 4.88. The Bertz CT molecular complexity index is 530. The minimum absolute atomic E-state index is 0.00179. The molecule has 0 fully saturated rings. The van der Waals surface area contributed by atoms with Crippen molar-refractivity contribution in [3.63, 3.8) is 0 Å². The molecule has 0 saturated heterocycles. The molecule has 0 aliphatic carbocycles. The molecule has 0 saturated carbocycles. The number of carbonyl (C=O) groups is 1. The van der Waals surface area contributed by atoms with Crippen LogP contribution >= 0.6 is 11.3 Å². The number of aromatic carboxylic acids is 1. The smallest absolute Gasteiger partial charge is 0.358 e. The van der Waals surface area contributed by atoms with E-state index in [-0.39, 0.29) is 24.2 Å². The fourth-order valence-corrected chi connectivity index (χ4v) is 2.01. The van der Waals surface area contributed by atoms with Crippen molar-refractivity contribution in [2.24, 2.45) is 0 Å². The monoisotopic (exact) mass is 267 g/mol. The molecule has 96 valence electrons. The molecule has 0 aliphatic heterocycles. The number of nitrogens with zero attached hydrogens (tertiary/aromatic N) is 1. The minimum atomic E-state index is -1.11. The maximum absolute atomic E-state index is 11.1. The van der Waals surface area contributed by atoms with Gasteiger partial charge in [-0.15, -0.1) is 11.3 Å². The Morgan fingerprint density at radius 2 is 2.39 bits per heavy atom. The Balaban J connectivity index is 2.30. The summed E-state index contributed by atoms with van der Waals surface area (Å²) in [4.78, 5) is 15.9. The molecule has 2 rings (SSSR count). The first-order chi connectivity index (χ1) is 8.58. The molecule has 6 heteroatoms. The number of carboxylic acid groups (broad SMARTS) is 1. The summed E-state index contributed by atoms with van der Waals surface area (Å²) in [5.41, 5.74) is -0.0842. The summed E-state index contributed by atoms with van der Waals surface area (Å²) in [5.74, 6) is -0.534. The predicted molar refractivity (Wildman–Crippen MR) is 66.7 cm³/mol. The van der Waals surface area contributed by atoms with E-state index >= 15 is 0 Å². The number of hydrogen-bond donors (Lipinski definition) is 1. The molecule has 0 atom stereocenters. The largest absolute Gasteiger partial charge is 0.476 e. The number of thiophene rings is 1. The van der Waals surface area contributed by atoms with E-state index in [9.17, 15) is 4.79 Å². The zero-order chi connectivity index (χ0) is 13.1. The highest BCUT2D eigenvalue weighted by Crippen LogP contribution is 2.26. The molecule has 0 spiro atoms.